The van der Waals surface area contributed by atoms with Crippen molar-refractivity contribution >= 4 is 6.03 Å². The van der Waals surface area contributed by atoms with E-state index in [1.807, 2.05) is 17.0 Å². The molecule has 4 heteroatoms. The van der Waals surface area contributed by atoms with Gasteiger partial charge >= 0.3 is 6.03 Å². The van der Waals surface area contributed by atoms with Gasteiger partial charge in [0.2, 0.25) is 0 Å². The molecule has 0 spiro atoms. The van der Waals surface area contributed by atoms with E-state index in [1.54, 1.807) is 12.1 Å². The minimum atomic E-state index is -0.0343. The summed E-state index contributed by atoms with van der Waals surface area (Å²) in [6.45, 7) is 2.06. The Labute approximate surface area is 101 Å². The molecule has 0 bridgehead atoms. The summed E-state index contributed by atoms with van der Waals surface area (Å²) in [4.78, 5) is 13.7. The van der Waals surface area contributed by atoms with Crippen LogP contribution in [0, 0.1) is 0 Å². The van der Waals surface area contributed by atoms with Crippen LogP contribution >= 0.6 is 0 Å². The van der Waals surface area contributed by atoms with Crippen molar-refractivity contribution in [1.82, 2.24) is 10.2 Å². The van der Waals surface area contributed by atoms with Crippen molar-refractivity contribution in [3.63, 3.8) is 0 Å². The number of likely N-dealkylation sites (tertiary alicyclic amines) is 1. The largest absolute Gasteiger partial charge is 0.508 e. The summed E-state index contributed by atoms with van der Waals surface area (Å²) in [6, 6.07) is 7.02. The summed E-state index contributed by atoms with van der Waals surface area (Å²) in [5.74, 6) is 0.228. The molecular formula is C13H18N2O2. The first-order chi connectivity index (χ1) is 8.27. The van der Waals surface area contributed by atoms with Gasteiger partial charge < -0.3 is 15.3 Å². The molecule has 1 aromatic carbocycles. The number of carbonyl (C=O) groups excluding carboxylic acids is 1. The van der Waals surface area contributed by atoms with Crippen LogP contribution in [0.15, 0.2) is 24.3 Å². The summed E-state index contributed by atoms with van der Waals surface area (Å²) in [6.07, 6.45) is 3.39. The fourth-order valence-corrected chi connectivity index (χ4v) is 2.04. The van der Waals surface area contributed by atoms with E-state index in [-0.39, 0.29) is 11.8 Å². The third-order valence-corrected chi connectivity index (χ3v) is 3.06. The van der Waals surface area contributed by atoms with Gasteiger partial charge in [0, 0.05) is 25.2 Å². The molecular weight excluding hydrogens is 216 g/mol. The van der Waals surface area contributed by atoms with Crippen molar-refractivity contribution in [2.75, 3.05) is 13.1 Å². The number of nitrogens with zero attached hydrogens (tertiary/aromatic N) is 1. The third-order valence-electron chi connectivity index (χ3n) is 3.06. The maximum atomic E-state index is 11.8. The number of hydrogen-bond acceptors (Lipinski definition) is 2. The van der Waals surface area contributed by atoms with E-state index in [0.717, 1.165) is 31.5 Å². The van der Waals surface area contributed by atoms with Gasteiger partial charge in [-0.15, -0.1) is 0 Å². The molecule has 0 aliphatic carbocycles. The van der Waals surface area contributed by atoms with E-state index < -0.39 is 0 Å². The Morgan fingerprint density at radius 1 is 1.24 bits per heavy atom. The van der Waals surface area contributed by atoms with Crippen LogP contribution < -0.4 is 5.32 Å². The van der Waals surface area contributed by atoms with Crippen molar-refractivity contribution in [3.8, 4) is 5.75 Å². The highest BCUT2D eigenvalue weighted by Gasteiger charge is 2.15. The zero-order valence-electron chi connectivity index (χ0n) is 9.85. The summed E-state index contributed by atoms with van der Waals surface area (Å²) < 4.78 is 0. The Hall–Kier alpha value is -1.71. The van der Waals surface area contributed by atoms with E-state index in [0.29, 0.717) is 6.54 Å². The van der Waals surface area contributed by atoms with Gasteiger partial charge in [0.05, 0.1) is 0 Å². The number of nitrogens with one attached hydrogen (secondary N) is 1. The maximum Gasteiger partial charge on any atom is 0.317 e. The number of carbonyl (C=O) groups is 1. The molecule has 2 amide bonds. The molecule has 0 aromatic heterocycles. The highest BCUT2D eigenvalue weighted by atomic mass is 16.3. The van der Waals surface area contributed by atoms with Gasteiger partial charge in [0.15, 0.2) is 0 Å². The molecule has 1 saturated heterocycles. The van der Waals surface area contributed by atoms with Gasteiger partial charge in [-0.25, -0.2) is 4.79 Å². The van der Waals surface area contributed by atoms with Crippen LogP contribution in [-0.2, 0) is 6.54 Å². The van der Waals surface area contributed by atoms with Crippen LogP contribution in [0.2, 0.25) is 0 Å². The smallest absolute Gasteiger partial charge is 0.317 e. The van der Waals surface area contributed by atoms with E-state index in [9.17, 15) is 9.90 Å². The predicted molar refractivity (Wildman–Crippen MR) is 65.8 cm³/mol. The highest BCUT2D eigenvalue weighted by Crippen LogP contribution is 2.15. The molecule has 4 nitrogen and oxygen atoms in total. The minimum absolute atomic E-state index is 0.0343. The predicted octanol–water partition coefficient (Wildman–Crippen LogP) is 2.09. The van der Waals surface area contributed by atoms with Crippen molar-refractivity contribution < 1.29 is 9.90 Å². The Bertz CT molecular complexity index is 387. The number of benzene rings is 1. The number of phenols is 1. The fourth-order valence-electron chi connectivity index (χ4n) is 2.04. The van der Waals surface area contributed by atoms with Crippen LogP contribution in [0.5, 0.6) is 5.75 Å². The first-order valence-electron chi connectivity index (χ1n) is 6.07. The second kappa shape index (κ2) is 5.57. The first-order valence-corrected chi connectivity index (χ1v) is 6.07. The summed E-state index contributed by atoms with van der Waals surface area (Å²) in [7, 11) is 0. The summed E-state index contributed by atoms with van der Waals surface area (Å²) in [5.41, 5.74) is 0.748. The quantitative estimate of drug-likeness (QED) is 0.823. The average molecular weight is 234 g/mol. The molecule has 2 N–H and O–H groups in total. The molecule has 0 radical (unpaired) electrons. The molecule has 0 unspecified atom stereocenters. The number of hydrogen-bond donors (Lipinski definition) is 2. The molecule has 1 aromatic rings. The van der Waals surface area contributed by atoms with Crippen molar-refractivity contribution in [2.45, 2.75) is 25.8 Å². The molecule has 1 aliphatic heterocycles. The third kappa shape index (κ3) is 3.12. The second-order valence-corrected chi connectivity index (χ2v) is 4.34. The number of rotatable bonds is 2. The fraction of sp³-hybridized carbons (Fsp3) is 0.462. The number of amides is 2. The van der Waals surface area contributed by atoms with Crippen LogP contribution in [0.4, 0.5) is 4.79 Å². The lowest BCUT2D eigenvalue weighted by molar-refractivity contribution is 0.186. The molecule has 17 heavy (non-hydrogen) atoms. The normalized spacial score (nSPS) is 15.6. The summed E-state index contributed by atoms with van der Waals surface area (Å²) in [5, 5.41) is 12.4. The van der Waals surface area contributed by atoms with Crippen LogP contribution in [0.1, 0.15) is 24.8 Å². The van der Waals surface area contributed by atoms with Crippen molar-refractivity contribution in [3.05, 3.63) is 29.8 Å². The molecule has 92 valence electrons. The maximum absolute atomic E-state index is 11.8. The SMILES string of the molecule is O=C(NCc1ccccc1O)N1CCCCC1. The van der Waals surface area contributed by atoms with Gasteiger partial charge in [0.25, 0.3) is 0 Å². The Morgan fingerprint density at radius 2 is 1.94 bits per heavy atom. The minimum Gasteiger partial charge on any atom is -0.508 e. The van der Waals surface area contributed by atoms with E-state index in [1.165, 1.54) is 6.42 Å². The average Bonchev–Trinajstić information content (AvgIpc) is 2.38. The van der Waals surface area contributed by atoms with E-state index in [4.69, 9.17) is 0 Å². The van der Waals surface area contributed by atoms with E-state index in [2.05, 4.69) is 5.32 Å². The van der Waals surface area contributed by atoms with Gasteiger partial charge in [-0.3, -0.25) is 0 Å². The standard InChI is InChI=1S/C13H18N2O2/c16-12-7-3-2-6-11(12)10-14-13(17)15-8-4-1-5-9-15/h2-3,6-7,16H,1,4-5,8-10H2,(H,14,17). The van der Waals surface area contributed by atoms with Gasteiger partial charge in [-0.2, -0.15) is 0 Å². The van der Waals surface area contributed by atoms with Crippen LogP contribution in [0.25, 0.3) is 0 Å². The Kier molecular flexibility index (Phi) is 3.85. The zero-order valence-corrected chi connectivity index (χ0v) is 9.85. The first kappa shape index (κ1) is 11.8. The van der Waals surface area contributed by atoms with Crippen LogP contribution in [-0.4, -0.2) is 29.1 Å². The highest BCUT2D eigenvalue weighted by molar-refractivity contribution is 5.74. The molecule has 1 heterocycles. The van der Waals surface area contributed by atoms with Gasteiger partial charge in [-0.1, -0.05) is 18.2 Å². The Balaban J connectivity index is 1.85. The molecule has 0 saturated carbocycles. The number of piperidine rings is 1. The van der Waals surface area contributed by atoms with Gasteiger partial charge in [0.1, 0.15) is 5.75 Å². The zero-order chi connectivity index (χ0) is 12.1. The molecule has 0 atom stereocenters. The number of para-hydroxylation sites is 1. The Morgan fingerprint density at radius 3 is 2.65 bits per heavy atom. The molecule has 1 aliphatic rings. The number of phenolic OH excluding ortho intramolecular Hbond substituents is 1. The van der Waals surface area contributed by atoms with Crippen molar-refractivity contribution in [2.24, 2.45) is 0 Å². The lowest BCUT2D eigenvalue weighted by Crippen LogP contribution is -2.42. The number of urea groups is 1. The lowest BCUT2D eigenvalue weighted by atomic mass is 10.1. The molecule has 2 rings (SSSR count). The monoisotopic (exact) mass is 234 g/mol. The second-order valence-electron chi connectivity index (χ2n) is 4.34. The summed E-state index contributed by atoms with van der Waals surface area (Å²) >= 11 is 0. The van der Waals surface area contributed by atoms with Crippen molar-refractivity contribution in [1.29, 1.82) is 0 Å². The van der Waals surface area contributed by atoms with E-state index >= 15 is 0 Å². The van der Waals surface area contributed by atoms with Crippen LogP contribution in [0.3, 0.4) is 0 Å². The van der Waals surface area contributed by atoms with Gasteiger partial charge in [-0.05, 0) is 25.3 Å². The topological polar surface area (TPSA) is 52.6 Å². The number of aromatic hydroxyl groups is 1. The lowest BCUT2D eigenvalue weighted by Gasteiger charge is -2.26. The molecule has 1 fully saturated rings.